The van der Waals surface area contributed by atoms with Crippen molar-refractivity contribution in [3.8, 4) is 17.1 Å². The van der Waals surface area contributed by atoms with E-state index < -0.39 is 0 Å². The van der Waals surface area contributed by atoms with E-state index in [0.717, 1.165) is 24.3 Å². The summed E-state index contributed by atoms with van der Waals surface area (Å²) in [5, 5.41) is 8.42. The van der Waals surface area contributed by atoms with E-state index in [2.05, 4.69) is 40.4 Å². The summed E-state index contributed by atoms with van der Waals surface area (Å²) in [5.41, 5.74) is 6.35. The number of fused-ring (bicyclic) bond motifs is 3. The molecule has 7 rings (SSSR count). The molecular formula is C29H26N6O2. The number of furan rings is 1. The average molecular weight is 491 g/mol. The highest BCUT2D eigenvalue weighted by Gasteiger charge is 2.48. The minimum atomic E-state index is -0.280. The largest absolute Gasteiger partial charge is 0.463 e. The lowest BCUT2D eigenvalue weighted by atomic mass is 9.87. The Morgan fingerprint density at radius 1 is 1.08 bits per heavy atom. The predicted octanol–water partition coefficient (Wildman–Crippen LogP) is 4.96. The van der Waals surface area contributed by atoms with E-state index in [1.807, 2.05) is 37.3 Å². The first-order chi connectivity index (χ1) is 18.0. The molecule has 0 radical (unpaired) electrons. The summed E-state index contributed by atoms with van der Waals surface area (Å²) in [7, 11) is 2.18. The van der Waals surface area contributed by atoms with Gasteiger partial charge in [-0.3, -0.25) is 4.79 Å². The Hall–Kier alpha value is -4.30. The molecule has 1 aliphatic carbocycles. The van der Waals surface area contributed by atoms with E-state index in [0.29, 0.717) is 39.4 Å². The Labute approximate surface area is 213 Å². The second-order valence-corrected chi connectivity index (χ2v) is 10.2. The summed E-state index contributed by atoms with van der Waals surface area (Å²) in [5.74, 6) is 0.934. The lowest BCUT2D eigenvalue weighted by Crippen LogP contribution is -2.35. The number of para-hydroxylation sites is 1. The fraction of sp³-hybridized carbons (Fsp3) is 0.241. The number of benzene rings is 2. The first-order valence-electron chi connectivity index (χ1n) is 12.5. The molecule has 8 nitrogen and oxygen atoms in total. The van der Waals surface area contributed by atoms with Gasteiger partial charge in [0.25, 0.3) is 5.56 Å². The fourth-order valence-corrected chi connectivity index (χ4v) is 5.61. The van der Waals surface area contributed by atoms with Crippen molar-refractivity contribution < 1.29 is 4.42 Å². The summed E-state index contributed by atoms with van der Waals surface area (Å²) in [6.45, 7) is 4.00. The number of hydrogen-bond acceptors (Lipinski definition) is 7. The zero-order chi connectivity index (χ0) is 25.1. The SMILES string of the molecule is Cc1ccccc1-n1nc(-c2ccco2)c2nc(Nc3ccc4c(c3)CN(C)CC43CC3)ncc2c1=O. The maximum Gasteiger partial charge on any atom is 0.282 e. The van der Waals surface area contributed by atoms with Crippen LogP contribution in [0.2, 0.25) is 0 Å². The number of nitrogens with zero attached hydrogens (tertiary/aromatic N) is 5. The maximum atomic E-state index is 13.5. The number of anilines is 2. The molecule has 1 spiro atoms. The summed E-state index contributed by atoms with van der Waals surface area (Å²) < 4.78 is 7.08. The molecule has 0 amide bonds. The average Bonchev–Trinajstić information content (AvgIpc) is 3.42. The number of rotatable bonds is 4. The van der Waals surface area contributed by atoms with Crippen LogP contribution in [0.25, 0.3) is 28.0 Å². The van der Waals surface area contributed by atoms with Gasteiger partial charge >= 0.3 is 0 Å². The van der Waals surface area contributed by atoms with Crippen LogP contribution in [0, 0.1) is 6.92 Å². The molecule has 0 bridgehead atoms. The first-order valence-corrected chi connectivity index (χ1v) is 12.5. The molecule has 184 valence electrons. The van der Waals surface area contributed by atoms with E-state index in [-0.39, 0.29) is 5.56 Å². The first kappa shape index (κ1) is 21.9. The van der Waals surface area contributed by atoms with Gasteiger partial charge in [0, 0.05) is 30.4 Å². The Bertz CT molecular complexity index is 1720. The lowest BCUT2D eigenvalue weighted by molar-refractivity contribution is 0.271. The van der Waals surface area contributed by atoms with E-state index in [1.54, 1.807) is 18.5 Å². The molecule has 8 heteroatoms. The monoisotopic (exact) mass is 490 g/mol. The molecule has 2 aliphatic rings. The van der Waals surface area contributed by atoms with Gasteiger partial charge in [-0.1, -0.05) is 24.3 Å². The predicted molar refractivity (Wildman–Crippen MR) is 142 cm³/mol. The van der Waals surface area contributed by atoms with Crippen molar-refractivity contribution >= 4 is 22.5 Å². The van der Waals surface area contributed by atoms with Crippen LogP contribution in [0.5, 0.6) is 0 Å². The van der Waals surface area contributed by atoms with Crippen molar-refractivity contribution in [1.29, 1.82) is 0 Å². The topological polar surface area (TPSA) is 89.1 Å². The smallest absolute Gasteiger partial charge is 0.282 e. The van der Waals surface area contributed by atoms with Crippen molar-refractivity contribution in [2.45, 2.75) is 31.7 Å². The fourth-order valence-electron chi connectivity index (χ4n) is 5.61. The molecule has 37 heavy (non-hydrogen) atoms. The quantitative estimate of drug-likeness (QED) is 0.381. The number of aromatic nitrogens is 4. The van der Waals surface area contributed by atoms with Gasteiger partial charge in [0.05, 0.1) is 17.3 Å². The zero-order valence-electron chi connectivity index (χ0n) is 20.7. The third-order valence-electron chi connectivity index (χ3n) is 7.53. The van der Waals surface area contributed by atoms with Crippen LogP contribution in [0.1, 0.15) is 29.5 Å². The Kier molecular flexibility index (Phi) is 4.81. The van der Waals surface area contributed by atoms with E-state index in [1.165, 1.54) is 28.7 Å². The normalized spacial score (nSPS) is 16.2. The van der Waals surface area contributed by atoms with E-state index in [4.69, 9.17) is 14.5 Å². The molecule has 3 aromatic heterocycles. The van der Waals surface area contributed by atoms with Gasteiger partial charge < -0.3 is 14.6 Å². The van der Waals surface area contributed by atoms with Crippen LogP contribution < -0.4 is 10.9 Å². The third-order valence-corrected chi connectivity index (χ3v) is 7.53. The molecule has 0 unspecified atom stereocenters. The molecule has 1 fully saturated rings. The molecule has 1 saturated carbocycles. The van der Waals surface area contributed by atoms with Gasteiger partial charge in [-0.05, 0) is 73.8 Å². The standard InChI is InChI=1S/C29H26N6O2/c1-18-6-3-4-7-23(18)35-27(36)21-15-30-28(32-25(21)26(33-35)24-8-5-13-37-24)31-20-9-10-22-19(14-20)16-34(2)17-29(22)11-12-29/h3-10,13-15H,11-12,16-17H2,1-2H3,(H,30,31,32). The molecule has 1 aliphatic heterocycles. The molecule has 1 N–H and O–H groups in total. The Balaban J connectivity index is 1.33. The minimum Gasteiger partial charge on any atom is -0.463 e. The van der Waals surface area contributed by atoms with Gasteiger partial charge in [-0.25, -0.2) is 9.97 Å². The highest BCUT2D eigenvalue weighted by atomic mass is 16.3. The van der Waals surface area contributed by atoms with Crippen molar-refractivity contribution in [1.82, 2.24) is 24.6 Å². The molecule has 2 aromatic carbocycles. The third kappa shape index (κ3) is 3.64. The van der Waals surface area contributed by atoms with E-state index >= 15 is 0 Å². The molecule has 4 heterocycles. The zero-order valence-corrected chi connectivity index (χ0v) is 20.7. The summed E-state index contributed by atoms with van der Waals surface area (Å²) in [6, 6.07) is 17.8. The maximum absolute atomic E-state index is 13.5. The van der Waals surface area contributed by atoms with Crippen molar-refractivity contribution in [3.05, 3.63) is 94.1 Å². The second-order valence-electron chi connectivity index (χ2n) is 10.2. The lowest BCUT2D eigenvalue weighted by Gasteiger charge is -2.32. The molecule has 0 saturated heterocycles. The van der Waals surface area contributed by atoms with Gasteiger partial charge in [0.15, 0.2) is 11.5 Å². The van der Waals surface area contributed by atoms with Crippen molar-refractivity contribution in [3.63, 3.8) is 0 Å². The second kappa shape index (κ2) is 8.11. The van der Waals surface area contributed by atoms with Crippen LogP contribution in [-0.2, 0) is 12.0 Å². The summed E-state index contributed by atoms with van der Waals surface area (Å²) >= 11 is 0. The molecule has 5 aromatic rings. The van der Waals surface area contributed by atoms with Crippen LogP contribution in [0.4, 0.5) is 11.6 Å². The summed E-state index contributed by atoms with van der Waals surface area (Å²) in [4.78, 5) is 25.1. The van der Waals surface area contributed by atoms with Gasteiger partial charge in [0.2, 0.25) is 5.95 Å². The number of hydrogen-bond donors (Lipinski definition) is 1. The van der Waals surface area contributed by atoms with Crippen LogP contribution in [0.15, 0.2) is 76.3 Å². The Morgan fingerprint density at radius 2 is 1.95 bits per heavy atom. The number of aryl methyl sites for hydroxylation is 1. The van der Waals surface area contributed by atoms with Gasteiger partial charge in [0.1, 0.15) is 5.52 Å². The van der Waals surface area contributed by atoms with Crippen LogP contribution >= 0.6 is 0 Å². The Morgan fingerprint density at radius 3 is 2.73 bits per heavy atom. The van der Waals surface area contributed by atoms with Gasteiger partial charge in [-0.15, -0.1) is 0 Å². The minimum absolute atomic E-state index is 0.280. The van der Waals surface area contributed by atoms with Crippen LogP contribution in [0.3, 0.4) is 0 Å². The number of likely N-dealkylation sites (N-methyl/N-ethyl adjacent to an activating group) is 1. The molecule has 0 atom stereocenters. The van der Waals surface area contributed by atoms with E-state index in [9.17, 15) is 4.79 Å². The van der Waals surface area contributed by atoms with Gasteiger partial charge in [-0.2, -0.15) is 9.78 Å². The number of nitrogens with one attached hydrogen (secondary N) is 1. The highest BCUT2D eigenvalue weighted by Crippen LogP contribution is 2.52. The summed E-state index contributed by atoms with van der Waals surface area (Å²) in [6.07, 6.45) is 5.67. The highest BCUT2D eigenvalue weighted by molar-refractivity contribution is 5.89. The van der Waals surface area contributed by atoms with Crippen LogP contribution in [-0.4, -0.2) is 38.2 Å². The van der Waals surface area contributed by atoms with Crippen molar-refractivity contribution in [2.24, 2.45) is 0 Å². The molecular weight excluding hydrogens is 464 g/mol. The van der Waals surface area contributed by atoms with Crippen molar-refractivity contribution in [2.75, 3.05) is 18.9 Å².